The fraction of sp³-hybridized carbons (Fsp3) is 0.571. The average Bonchev–Trinajstić information content (AvgIpc) is 2.42. The van der Waals surface area contributed by atoms with Crippen molar-refractivity contribution in [1.82, 2.24) is 4.90 Å². The number of hydrogen-bond donors (Lipinski definition) is 0. The molecule has 0 N–H and O–H groups in total. The Balaban J connectivity index is 1.61. The number of ether oxygens (including phenoxy) is 2. The Morgan fingerprint density at radius 3 is 2.79 bits per heavy atom. The number of rotatable bonds is 6. The molecule has 2 rings (SSSR count). The van der Waals surface area contributed by atoms with Crippen LogP contribution in [0.15, 0.2) is 22.7 Å². The molecule has 1 aromatic rings. The third-order valence-corrected chi connectivity index (χ3v) is 3.98. The molecule has 0 unspecified atom stereocenters. The quantitative estimate of drug-likeness (QED) is 0.733. The summed E-state index contributed by atoms with van der Waals surface area (Å²) in [4.78, 5) is 2.45. The van der Waals surface area contributed by atoms with Gasteiger partial charge in [-0.05, 0) is 53.5 Å². The Labute approximate surface area is 128 Å². The number of benzene rings is 1. The van der Waals surface area contributed by atoms with E-state index in [-0.39, 0.29) is 0 Å². The summed E-state index contributed by atoms with van der Waals surface area (Å²) in [6.07, 6.45) is 2.22. The van der Waals surface area contributed by atoms with E-state index in [1.165, 1.54) is 0 Å². The summed E-state index contributed by atoms with van der Waals surface area (Å²) in [6.45, 7) is 5.73. The van der Waals surface area contributed by atoms with Crippen molar-refractivity contribution in [2.24, 2.45) is 0 Å². The Morgan fingerprint density at radius 2 is 2.05 bits per heavy atom. The number of hydrogen-bond acceptors (Lipinski definition) is 3. The second kappa shape index (κ2) is 8.10. The first-order valence-electron chi connectivity index (χ1n) is 6.63. The zero-order valence-electron chi connectivity index (χ0n) is 10.9. The van der Waals surface area contributed by atoms with Crippen molar-refractivity contribution in [3.05, 3.63) is 27.7 Å². The van der Waals surface area contributed by atoms with Crippen LogP contribution >= 0.6 is 27.5 Å². The lowest BCUT2D eigenvalue weighted by atomic mass is 10.3. The highest BCUT2D eigenvalue weighted by Crippen LogP contribution is 2.28. The van der Waals surface area contributed by atoms with Gasteiger partial charge in [-0.2, -0.15) is 0 Å². The molecule has 0 spiro atoms. The molecule has 1 aliphatic heterocycles. The van der Waals surface area contributed by atoms with Gasteiger partial charge in [-0.25, -0.2) is 0 Å². The van der Waals surface area contributed by atoms with Crippen LogP contribution in [0.3, 0.4) is 0 Å². The molecule has 3 nitrogen and oxygen atoms in total. The summed E-state index contributed by atoms with van der Waals surface area (Å²) >= 11 is 9.33. The van der Waals surface area contributed by atoms with E-state index in [1.807, 2.05) is 18.2 Å². The molecule has 1 aliphatic rings. The van der Waals surface area contributed by atoms with E-state index in [2.05, 4.69) is 20.8 Å². The molecule has 0 radical (unpaired) electrons. The summed E-state index contributed by atoms with van der Waals surface area (Å²) in [7, 11) is 0. The monoisotopic (exact) mass is 347 g/mol. The highest BCUT2D eigenvalue weighted by atomic mass is 79.9. The van der Waals surface area contributed by atoms with Crippen molar-refractivity contribution in [2.75, 3.05) is 39.5 Å². The summed E-state index contributed by atoms with van der Waals surface area (Å²) in [5.41, 5.74) is 0. The van der Waals surface area contributed by atoms with Crippen LogP contribution in [-0.4, -0.2) is 44.4 Å². The van der Waals surface area contributed by atoms with E-state index in [0.29, 0.717) is 5.02 Å². The predicted molar refractivity (Wildman–Crippen MR) is 81.1 cm³/mol. The molecule has 19 heavy (non-hydrogen) atoms. The standard InChI is InChI=1S/C14H19BrClNO2/c15-13-11-12(16)3-4-14(13)19-8-2-1-5-17-6-9-18-10-7-17/h3-4,11H,1-2,5-10H2. The maximum absolute atomic E-state index is 5.89. The molecule has 1 saturated heterocycles. The molecular weight excluding hydrogens is 330 g/mol. The minimum Gasteiger partial charge on any atom is -0.492 e. The smallest absolute Gasteiger partial charge is 0.133 e. The molecule has 0 aromatic heterocycles. The van der Waals surface area contributed by atoms with E-state index in [0.717, 1.165) is 62.5 Å². The zero-order valence-corrected chi connectivity index (χ0v) is 13.3. The van der Waals surface area contributed by atoms with Gasteiger partial charge >= 0.3 is 0 Å². The SMILES string of the molecule is Clc1ccc(OCCCCN2CCOCC2)c(Br)c1. The first-order valence-corrected chi connectivity index (χ1v) is 7.81. The lowest BCUT2D eigenvalue weighted by molar-refractivity contribution is 0.0368. The maximum Gasteiger partial charge on any atom is 0.133 e. The lowest BCUT2D eigenvalue weighted by Gasteiger charge is -2.26. The molecule has 1 aromatic carbocycles. The van der Waals surface area contributed by atoms with Crippen LogP contribution < -0.4 is 4.74 Å². The summed E-state index contributed by atoms with van der Waals surface area (Å²) < 4.78 is 12.0. The summed E-state index contributed by atoms with van der Waals surface area (Å²) in [5, 5.41) is 0.714. The van der Waals surface area contributed by atoms with E-state index < -0.39 is 0 Å². The topological polar surface area (TPSA) is 21.7 Å². The van der Waals surface area contributed by atoms with Gasteiger partial charge in [0.15, 0.2) is 0 Å². The Bertz CT molecular complexity index is 397. The van der Waals surface area contributed by atoms with E-state index in [1.54, 1.807) is 0 Å². The van der Waals surface area contributed by atoms with Crippen LogP contribution in [0.1, 0.15) is 12.8 Å². The van der Waals surface area contributed by atoms with Gasteiger partial charge in [0.2, 0.25) is 0 Å². The van der Waals surface area contributed by atoms with Crippen LogP contribution in [0.2, 0.25) is 5.02 Å². The molecule has 5 heteroatoms. The van der Waals surface area contributed by atoms with E-state index in [4.69, 9.17) is 21.1 Å². The van der Waals surface area contributed by atoms with Gasteiger partial charge in [-0.15, -0.1) is 0 Å². The number of morpholine rings is 1. The fourth-order valence-electron chi connectivity index (χ4n) is 2.04. The van der Waals surface area contributed by atoms with Crippen molar-refractivity contribution in [3.8, 4) is 5.75 Å². The van der Waals surface area contributed by atoms with Crippen molar-refractivity contribution < 1.29 is 9.47 Å². The van der Waals surface area contributed by atoms with Crippen molar-refractivity contribution in [3.63, 3.8) is 0 Å². The first-order chi connectivity index (χ1) is 9.25. The van der Waals surface area contributed by atoms with Gasteiger partial charge in [0, 0.05) is 18.1 Å². The molecular formula is C14H19BrClNO2. The number of halogens is 2. The van der Waals surface area contributed by atoms with Gasteiger partial charge in [0.25, 0.3) is 0 Å². The van der Waals surface area contributed by atoms with Crippen LogP contribution in [0.5, 0.6) is 5.75 Å². The molecule has 0 amide bonds. The maximum atomic E-state index is 5.89. The van der Waals surface area contributed by atoms with Gasteiger partial charge in [0.05, 0.1) is 24.3 Å². The van der Waals surface area contributed by atoms with Crippen LogP contribution in [0, 0.1) is 0 Å². The highest BCUT2D eigenvalue weighted by molar-refractivity contribution is 9.10. The summed E-state index contributed by atoms with van der Waals surface area (Å²) in [5.74, 6) is 0.857. The van der Waals surface area contributed by atoms with E-state index >= 15 is 0 Å². The second-order valence-electron chi connectivity index (χ2n) is 4.58. The molecule has 0 aliphatic carbocycles. The Kier molecular flexibility index (Phi) is 6.44. The highest BCUT2D eigenvalue weighted by Gasteiger charge is 2.09. The summed E-state index contributed by atoms with van der Waals surface area (Å²) in [6, 6.07) is 5.59. The lowest BCUT2D eigenvalue weighted by Crippen LogP contribution is -2.36. The third kappa shape index (κ3) is 5.30. The fourth-order valence-corrected chi connectivity index (χ4v) is 2.83. The molecule has 106 valence electrons. The van der Waals surface area contributed by atoms with Crippen molar-refractivity contribution >= 4 is 27.5 Å². The molecule has 1 fully saturated rings. The van der Waals surface area contributed by atoms with Gasteiger partial charge in [-0.1, -0.05) is 11.6 Å². The van der Waals surface area contributed by atoms with Crippen LogP contribution in [0.4, 0.5) is 0 Å². The molecule has 1 heterocycles. The van der Waals surface area contributed by atoms with Gasteiger partial charge < -0.3 is 9.47 Å². The normalized spacial score (nSPS) is 16.5. The Morgan fingerprint density at radius 1 is 1.26 bits per heavy atom. The van der Waals surface area contributed by atoms with E-state index in [9.17, 15) is 0 Å². The number of nitrogens with zero attached hydrogens (tertiary/aromatic N) is 1. The second-order valence-corrected chi connectivity index (χ2v) is 5.88. The molecule has 0 atom stereocenters. The Hall–Kier alpha value is -0.290. The largest absolute Gasteiger partial charge is 0.492 e. The van der Waals surface area contributed by atoms with Gasteiger partial charge in [0.1, 0.15) is 5.75 Å². The first kappa shape index (κ1) is 15.1. The van der Waals surface area contributed by atoms with Crippen LogP contribution in [0.25, 0.3) is 0 Å². The average molecular weight is 349 g/mol. The minimum absolute atomic E-state index is 0.714. The van der Waals surface area contributed by atoms with Gasteiger partial charge in [-0.3, -0.25) is 4.90 Å². The van der Waals surface area contributed by atoms with Crippen LogP contribution in [-0.2, 0) is 4.74 Å². The van der Waals surface area contributed by atoms with Crippen molar-refractivity contribution in [1.29, 1.82) is 0 Å². The minimum atomic E-state index is 0.714. The third-order valence-electron chi connectivity index (χ3n) is 3.12. The predicted octanol–water partition coefficient (Wildman–Crippen LogP) is 3.59. The molecule has 0 bridgehead atoms. The number of unbranched alkanes of at least 4 members (excludes halogenated alkanes) is 1. The van der Waals surface area contributed by atoms with Crippen molar-refractivity contribution in [2.45, 2.75) is 12.8 Å². The zero-order chi connectivity index (χ0) is 13.5. The molecule has 0 saturated carbocycles.